The number of ether oxygens (including phenoxy) is 2. The van der Waals surface area contributed by atoms with Gasteiger partial charge in [0.2, 0.25) is 0 Å². The average Bonchev–Trinajstić information content (AvgIpc) is 2.63. The minimum atomic E-state index is -0.433. The number of carbonyl (C=O) groups excluding carboxylic acids is 2. The van der Waals surface area contributed by atoms with E-state index >= 15 is 0 Å². The van der Waals surface area contributed by atoms with Crippen molar-refractivity contribution < 1.29 is 24.2 Å². The van der Waals surface area contributed by atoms with E-state index in [2.05, 4.69) is 4.74 Å². The average molecular weight is 366 g/mol. The number of fused-ring (bicyclic) bond motifs is 1. The van der Waals surface area contributed by atoms with Crippen molar-refractivity contribution >= 4 is 17.8 Å². The number of aromatic hydroxyl groups is 1. The molecule has 1 aliphatic carbocycles. The van der Waals surface area contributed by atoms with Gasteiger partial charge in [0, 0.05) is 11.1 Å². The zero-order valence-corrected chi connectivity index (χ0v) is 15.7. The van der Waals surface area contributed by atoms with Crippen molar-refractivity contribution in [2.45, 2.75) is 26.7 Å². The van der Waals surface area contributed by atoms with Gasteiger partial charge in [0.25, 0.3) is 0 Å². The molecule has 1 aliphatic rings. The summed E-state index contributed by atoms with van der Waals surface area (Å²) in [5, 5.41) is 9.59. The third-order valence-corrected chi connectivity index (χ3v) is 4.67. The molecule has 0 fully saturated rings. The first-order valence-electron chi connectivity index (χ1n) is 8.77. The molecule has 0 aliphatic heterocycles. The second-order valence-electron chi connectivity index (χ2n) is 6.69. The van der Waals surface area contributed by atoms with E-state index in [0.717, 1.165) is 34.2 Å². The van der Waals surface area contributed by atoms with E-state index in [9.17, 15) is 14.7 Å². The molecule has 0 atom stereocenters. The molecule has 140 valence electrons. The number of Topliss-reactive ketones (excluding diaryl/α,β-unsaturated/α-hetero) is 1. The third kappa shape index (κ3) is 4.03. The van der Waals surface area contributed by atoms with Crippen LogP contribution in [0.3, 0.4) is 0 Å². The Morgan fingerprint density at radius 2 is 1.85 bits per heavy atom. The van der Waals surface area contributed by atoms with Crippen molar-refractivity contribution in [3.8, 4) is 11.5 Å². The molecule has 3 rings (SSSR count). The maximum absolute atomic E-state index is 12.8. The Labute approximate surface area is 158 Å². The van der Waals surface area contributed by atoms with Crippen molar-refractivity contribution in [1.29, 1.82) is 0 Å². The summed E-state index contributed by atoms with van der Waals surface area (Å²) in [5.41, 5.74) is 4.97. The van der Waals surface area contributed by atoms with Gasteiger partial charge in [-0.15, -0.1) is 0 Å². The molecule has 0 bridgehead atoms. The summed E-state index contributed by atoms with van der Waals surface area (Å²) in [5.74, 6) is 0.399. The van der Waals surface area contributed by atoms with Gasteiger partial charge in [-0.1, -0.05) is 0 Å². The standard InChI is InChI=1S/C22H22O5/c1-13-8-15(9-14(2)22(13)27-12-20(24)26-3)10-17-5-4-16-11-18(23)6-7-19(16)21(17)25/h6-11,23H,4-5,12H2,1-3H3/b17-10+. The van der Waals surface area contributed by atoms with E-state index in [4.69, 9.17) is 4.74 Å². The lowest BCUT2D eigenvalue weighted by molar-refractivity contribution is -0.142. The van der Waals surface area contributed by atoms with Crippen LogP contribution in [0, 0.1) is 13.8 Å². The Balaban J connectivity index is 1.86. The number of hydrogen-bond acceptors (Lipinski definition) is 5. The van der Waals surface area contributed by atoms with Crippen LogP contribution in [0.25, 0.3) is 6.08 Å². The highest BCUT2D eigenvalue weighted by Gasteiger charge is 2.22. The lowest BCUT2D eigenvalue weighted by Gasteiger charge is -2.18. The van der Waals surface area contributed by atoms with Crippen LogP contribution in [0.4, 0.5) is 0 Å². The summed E-state index contributed by atoms with van der Waals surface area (Å²) in [7, 11) is 1.32. The van der Waals surface area contributed by atoms with Gasteiger partial charge in [-0.3, -0.25) is 4.79 Å². The van der Waals surface area contributed by atoms with Gasteiger partial charge in [-0.25, -0.2) is 4.79 Å². The lowest BCUT2D eigenvalue weighted by Crippen LogP contribution is -2.14. The van der Waals surface area contributed by atoms with Gasteiger partial charge in [-0.2, -0.15) is 0 Å². The molecule has 2 aromatic carbocycles. The van der Waals surface area contributed by atoms with Crippen LogP contribution < -0.4 is 4.74 Å². The Morgan fingerprint density at radius 1 is 1.15 bits per heavy atom. The van der Waals surface area contributed by atoms with Crippen molar-refractivity contribution in [2.75, 3.05) is 13.7 Å². The number of benzene rings is 2. The zero-order chi connectivity index (χ0) is 19.6. The molecule has 0 saturated carbocycles. The maximum Gasteiger partial charge on any atom is 0.343 e. The van der Waals surface area contributed by atoms with Crippen LogP contribution in [0.5, 0.6) is 11.5 Å². The van der Waals surface area contributed by atoms with Gasteiger partial charge < -0.3 is 14.6 Å². The quantitative estimate of drug-likeness (QED) is 0.659. The van der Waals surface area contributed by atoms with Gasteiger partial charge in [0.15, 0.2) is 12.4 Å². The number of rotatable bonds is 4. The topological polar surface area (TPSA) is 72.8 Å². The molecule has 27 heavy (non-hydrogen) atoms. The highest BCUT2D eigenvalue weighted by Crippen LogP contribution is 2.31. The van der Waals surface area contributed by atoms with E-state index in [1.807, 2.05) is 32.1 Å². The molecular formula is C22H22O5. The van der Waals surface area contributed by atoms with Gasteiger partial charge in [0.05, 0.1) is 7.11 Å². The first-order valence-corrected chi connectivity index (χ1v) is 8.77. The first-order chi connectivity index (χ1) is 12.9. The molecule has 5 heteroatoms. The minimum Gasteiger partial charge on any atom is -0.508 e. The number of hydrogen-bond donors (Lipinski definition) is 1. The van der Waals surface area contributed by atoms with Crippen LogP contribution in [0.15, 0.2) is 35.9 Å². The summed E-state index contributed by atoms with van der Waals surface area (Å²) in [6.45, 7) is 3.67. The fourth-order valence-corrected chi connectivity index (χ4v) is 3.39. The molecule has 0 saturated heterocycles. The van der Waals surface area contributed by atoms with Gasteiger partial charge in [0.1, 0.15) is 11.5 Å². The number of phenolic OH excluding ortho intramolecular Hbond substituents is 1. The van der Waals surface area contributed by atoms with E-state index < -0.39 is 5.97 Å². The summed E-state index contributed by atoms with van der Waals surface area (Å²) < 4.78 is 10.2. The zero-order valence-electron chi connectivity index (χ0n) is 15.7. The summed E-state index contributed by atoms with van der Waals surface area (Å²) in [6, 6.07) is 8.76. The van der Waals surface area contributed by atoms with E-state index in [1.165, 1.54) is 7.11 Å². The predicted octanol–water partition coefficient (Wildman–Crippen LogP) is 3.77. The summed E-state index contributed by atoms with van der Waals surface area (Å²) in [4.78, 5) is 24.0. The fraction of sp³-hybridized carbons (Fsp3) is 0.273. The number of aryl methyl sites for hydroxylation is 3. The normalized spacial score (nSPS) is 14.8. The Hall–Kier alpha value is -3.08. The number of methoxy groups -OCH3 is 1. The van der Waals surface area contributed by atoms with Gasteiger partial charge in [-0.05, 0) is 85.4 Å². The number of phenols is 1. The molecule has 5 nitrogen and oxygen atoms in total. The molecule has 0 unspecified atom stereocenters. The van der Waals surface area contributed by atoms with Crippen LogP contribution in [0.2, 0.25) is 0 Å². The molecule has 1 N–H and O–H groups in total. The van der Waals surface area contributed by atoms with Crippen molar-refractivity contribution in [3.63, 3.8) is 0 Å². The molecule has 0 aromatic heterocycles. The molecule has 0 spiro atoms. The van der Waals surface area contributed by atoms with Crippen molar-refractivity contribution in [3.05, 3.63) is 63.7 Å². The molecule has 0 radical (unpaired) electrons. The molecule has 0 amide bonds. The first kappa shape index (κ1) is 18.7. The second kappa shape index (κ2) is 7.66. The van der Waals surface area contributed by atoms with Gasteiger partial charge >= 0.3 is 5.97 Å². The van der Waals surface area contributed by atoms with Crippen LogP contribution in [0.1, 0.15) is 39.0 Å². The molecular weight excluding hydrogens is 344 g/mol. The Bertz CT molecular complexity index is 917. The predicted molar refractivity (Wildman–Crippen MR) is 102 cm³/mol. The van der Waals surface area contributed by atoms with Crippen molar-refractivity contribution in [1.82, 2.24) is 0 Å². The maximum atomic E-state index is 12.8. The number of carbonyl (C=O) groups is 2. The monoisotopic (exact) mass is 366 g/mol. The largest absolute Gasteiger partial charge is 0.508 e. The van der Waals surface area contributed by atoms with Crippen LogP contribution in [-0.4, -0.2) is 30.6 Å². The summed E-state index contributed by atoms with van der Waals surface area (Å²) >= 11 is 0. The third-order valence-electron chi connectivity index (χ3n) is 4.67. The van der Waals surface area contributed by atoms with Crippen molar-refractivity contribution in [2.24, 2.45) is 0 Å². The Morgan fingerprint density at radius 3 is 2.52 bits per heavy atom. The highest BCUT2D eigenvalue weighted by molar-refractivity contribution is 6.13. The minimum absolute atomic E-state index is 0.00225. The van der Waals surface area contributed by atoms with Crippen LogP contribution >= 0.6 is 0 Å². The van der Waals surface area contributed by atoms with E-state index in [-0.39, 0.29) is 18.1 Å². The summed E-state index contributed by atoms with van der Waals surface area (Å²) in [6.07, 6.45) is 3.26. The second-order valence-corrected chi connectivity index (χ2v) is 6.69. The Kier molecular flexibility index (Phi) is 5.31. The fourth-order valence-electron chi connectivity index (χ4n) is 3.39. The smallest absolute Gasteiger partial charge is 0.343 e. The van der Waals surface area contributed by atoms with E-state index in [1.54, 1.807) is 18.2 Å². The number of ketones is 1. The number of allylic oxidation sites excluding steroid dienone is 1. The van der Waals surface area contributed by atoms with E-state index in [0.29, 0.717) is 17.7 Å². The SMILES string of the molecule is COC(=O)COc1c(C)cc(/C=C2\CCc3cc(O)ccc3C2=O)cc1C. The highest BCUT2D eigenvalue weighted by atomic mass is 16.6. The lowest BCUT2D eigenvalue weighted by atomic mass is 9.85. The molecule has 0 heterocycles. The number of esters is 1. The molecule has 2 aromatic rings. The van der Waals surface area contributed by atoms with Crippen LogP contribution in [-0.2, 0) is 16.0 Å².